The Bertz CT molecular complexity index is 5040. The van der Waals surface area contributed by atoms with Crippen LogP contribution in [-0.2, 0) is 30.9 Å². The highest BCUT2D eigenvalue weighted by Gasteiger charge is 2.40. The van der Waals surface area contributed by atoms with Gasteiger partial charge in [0.1, 0.15) is 0 Å². The molecule has 0 saturated carbocycles. The van der Waals surface area contributed by atoms with Gasteiger partial charge in [-0.3, -0.25) is 33.6 Å². The van der Waals surface area contributed by atoms with Crippen molar-refractivity contribution in [2.24, 2.45) is 80.3 Å². The average Bonchev–Trinajstić information content (AvgIpc) is 0.789. The van der Waals surface area contributed by atoms with Crippen molar-refractivity contribution in [1.29, 1.82) is 0 Å². The normalized spacial score (nSPS) is 12.8. The summed E-state index contributed by atoms with van der Waals surface area (Å²) in [6.45, 7) is 12.4. The van der Waals surface area contributed by atoms with E-state index in [9.17, 15) is 99.4 Å². The van der Waals surface area contributed by atoms with Crippen molar-refractivity contribution in [3.63, 3.8) is 0 Å². The maximum absolute atomic E-state index is 12.9. The van der Waals surface area contributed by atoms with E-state index >= 15 is 0 Å². The number of alkyl halides is 15. The second-order valence-electron chi connectivity index (χ2n) is 33.4. The lowest BCUT2D eigenvalue weighted by Crippen LogP contribution is -2.38. The van der Waals surface area contributed by atoms with Gasteiger partial charge in [-0.15, -0.1) is 0 Å². The molecule has 0 heterocycles. The van der Waals surface area contributed by atoms with Crippen LogP contribution in [0.1, 0.15) is 212 Å². The van der Waals surface area contributed by atoms with Gasteiger partial charge < -0.3 is 117 Å². The largest absolute Gasteiger partial charge is 0.417 e. The van der Waals surface area contributed by atoms with Gasteiger partial charge in [-0.1, -0.05) is 102 Å². The zero-order valence-corrected chi connectivity index (χ0v) is 80.3. The Balaban J connectivity index is 0.000000562. The van der Waals surface area contributed by atoms with E-state index in [-0.39, 0.29) is 115 Å². The molecule has 0 fully saturated rings. The molecule has 35 N–H and O–H groups in total. The maximum atomic E-state index is 12.9. The van der Waals surface area contributed by atoms with Crippen LogP contribution in [0.25, 0.3) is 11.1 Å². The quantitative estimate of drug-likeness (QED) is 0.0158. The SMILES string of the molecule is Cc1cc(C(=O)NC[C@@H](N)CCCN)cc(C(F)(F)F)c1.Cc1ccc(C(=O)NC[C@@H](N)CCCN)cc1.Cc1ccc(C(=O)NC[C@@H](N)CCCN)cc1C(F)(F)F.Cc1cccc(C(=O)NC[C@@H](N)CCCN)c1.NCCC[C@H](N)CNC(=O)c1cc(C(F)(F)F)ccc1C(F)(F)F.NCCC[C@H](N)CNC(=O)c1ccccc1-c1ccccc1.NCCC[C@H](N)CNC(=O)c1ccccc1C(F)(F)F. The molecule has 0 bridgehead atoms. The lowest BCUT2D eigenvalue weighted by molar-refractivity contribution is -0.141. The van der Waals surface area contributed by atoms with Gasteiger partial charge >= 0.3 is 30.9 Å². The second kappa shape index (κ2) is 66.3. The number of aryl methyl sites for hydroxylation is 4. The monoisotopic (exact) mass is 2020 g/mol. The van der Waals surface area contributed by atoms with Crippen molar-refractivity contribution in [1.82, 2.24) is 37.2 Å². The summed E-state index contributed by atoms with van der Waals surface area (Å²) in [6.07, 6.45) is -13.1. The number of hydrogen-bond acceptors (Lipinski definition) is 21. The molecule has 8 rings (SSSR count). The summed E-state index contributed by atoms with van der Waals surface area (Å²) in [6, 6.07) is 43.1. The zero-order valence-electron chi connectivity index (χ0n) is 80.3. The summed E-state index contributed by atoms with van der Waals surface area (Å²) in [5.74, 6) is -3.42. The summed E-state index contributed by atoms with van der Waals surface area (Å²) in [4.78, 5) is 83.4. The first-order valence-corrected chi connectivity index (χ1v) is 46.1. The third-order valence-corrected chi connectivity index (χ3v) is 20.8. The highest BCUT2D eigenvalue weighted by molar-refractivity contribution is 6.01. The van der Waals surface area contributed by atoms with E-state index in [1.165, 1.54) is 44.2 Å². The molecule has 0 saturated heterocycles. The van der Waals surface area contributed by atoms with Gasteiger partial charge in [0, 0.05) is 116 Å². The minimum absolute atomic E-state index is 0.0200. The minimum atomic E-state index is -4.96. The number of carbonyl (C=O) groups excluding carboxylic acids is 7. The van der Waals surface area contributed by atoms with Crippen molar-refractivity contribution >= 4 is 41.4 Å². The first-order chi connectivity index (χ1) is 66.8. The van der Waals surface area contributed by atoms with Crippen LogP contribution in [0.4, 0.5) is 65.9 Å². The minimum Gasteiger partial charge on any atom is -0.350 e. The molecule has 0 unspecified atom stereocenters. The highest BCUT2D eigenvalue weighted by atomic mass is 19.4. The number of hydrogen-bond donors (Lipinski definition) is 21. The lowest BCUT2D eigenvalue weighted by atomic mass is 9.99. The fourth-order valence-electron chi connectivity index (χ4n) is 12.9. The molecule has 8 aromatic carbocycles. The van der Waals surface area contributed by atoms with E-state index in [1.807, 2.05) is 111 Å². The number of benzene rings is 8. The standard InChI is InChI=1S/C18H23N3O.C14H17F6N3O.2C14H20F3N3O.C13H18F3N3O.2C13H21N3O/c19-12-6-9-15(20)13-21-18(22)17-11-5-4-10-16(17)14-7-2-1-3-8-14;15-13(16,17)8-3-4-11(14(18,19)20)10(6-8)12(24)23-7-9(22)2-1-5-21;1-9-4-5-10(7-12(9)14(15,16)17)13(21)20-8-11(19)3-2-6-18;1-9-5-10(7-11(6-9)14(15,16)17)13(21)20-8-12(19)3-2-4-18;14-13(15,16)11-6-2-1-5-10(11)12(20)19-8-9(18)4-3-7-17;1-10-4-2-5-11(8-10)13(17)16-9-12(15)6-3-7-14;1-10-4-6-11(7-5-10)13(17)16-9-12(15)3-2-8-14/h1-5,7-8,10-11,15H,6,9,12-13,19-20H2,(H,21,22);3-4,6,9H,1-2,5,7,21-22H2,(H,23,24);4-5,7,11H,2-3,6,8,18-19H2,1H3,(H,20,21);5-7,12H,2-4,8,18-19H2,1H3,(H,20,21);1-2,5-6,9H,3-4,7-8,17-18H2,(H,19,20);2,4-5,8,12H,3,6-7,9,14-15H2,1H3,(H,16,17);4-7,12H,2-3,8-9,14-15H2,1H3,(H,16,17)/t15-;9-;11-;12-;9-;2*12-/m0000000/s1. The van der Waals surface area contributed by atoms with Gasteiger partial charge in [-0.25, -0.2) is 0 Å². The molecule has 0 spiro atoms. The molecule has 8 aromatic rings. The predicted molar refractivity (Wildman–Crippen MR) is 525 cm³/mol. The zero-order chi connectivity index (χ0) is 107. The Hall–Kier alpha value is -11.6. The van der Waals surface area contributed by atoms with Crippen LogP contribution in [-0.4, -0.2) is 175 Å². The molecule has 0 aromatic heterocycles. The van der Waals surface area contributed by atoms with Crippen LogP contribution in [0.2, 0.25) is 0 Å². The maximum Gasteiger partial charge on any atom is 0.417 e. The van der Waals surface area contributed by atoms with Crippen LogP contribution in [0, 0.1) is 27.7 Å². The van der Waals surface area contributed by atoms with Crippen LogP contribution >= 0.6 is 0 Å². The van der Waals surface area contributed by atoms with Crippen LogP contribution in [0.5, 0.6) is 0 Å². The van der Waals surface area contributed by atoms with E-state index in [0.29, 0.717) is 126 Å². The highest BCUT2D eigenvalue weighted by Crippen LogP contribution is 2.38. The molecule has 0 aliphatic carbocycles. The molecule has 7 atom stereocenters. The van der Waals surface area contributed by atoms with Gasteiger partial charge in [-0.2, -0.15) is 65.9 Å². The predicted octanol–water partition coefficient (Wildman–Crippen LogP) is 11.4. The van der Waals surface area contributed by atoms with Crippen LogP contribution < -0.4 is 117 Å². The second-order valence-corrected chi connectivity index (χ2v) is 33.4. The summed E-state index contributed by atoms with van der Waals surface area (Å²) in [5, 5.41) is 18.2. The van der Waals surface area contributed by atoms with Crippen LogP contribution in [0.3, 0.4) is 0 Å². The molecule has 0 aliphatic rings. The Kier molecular flexibility index (Phi) is 59.1. The summed E-state index contributed by atoms with van der Waals surface area (Å²) in [7, 11) is 0. The molecule has 788 valence electrons. The van der Waals surface area contributed by atoms with Crippen molar-refractivity contribution < 1.29 is 99.4 Å². The van der Waals surface area contributed by atoms with Crippen molar-refractivity contribution in [2.75, 3.05) is 91.6 Å². The third-order valence-electron chi connectivity index (χ3n) is 20.8. The van der Waals surface area contributed by atoms with E-state index in [0.717, 1.165) is 104 Å². The van der Waals surface area contributed by atoms with E-state index in [2.05, 4.69) is 37.2 Å². The number of nitrogens with two attached hydrogens (primary N) is 14. The summed E-state index contributed by atoms with van der Waals surface area (Å²) >= 11 is 0. The molecular formula is C99H140F15N21O7. The fraction of sp³-hybridized carbons (Fsp3) is 0.444. The van der Waals surface area contributed by atoms with Gasteiger partial charge in [0.05, 0.1) is 38.9 Å². The van der Waals surface area contributed by atoms with Gasteiger partial charge in [0.25, 0.3) is 41.4 Å². The fourth-order valence-corrected chi connectivity index (χ4v) is 12.9. The molecule has 142 heavy (non-hydrogen) atoms. The Labute approximate surface area is 819 Å². The van der Waals surface area contributed by atoms with Crippen molar-refractivity contribution in [3.8, 4) is 11.1 Å². The molecule has 43 heteroatoms. The number of halogens is 15. The number of rotatable bonds is 43. The van der Waals surface area contributed by atoms with E-state index < -0.39 is 99.5 Å². The number of nitrogens with one attached hydrogen (secondary N) is 7. The summed E-state index contributed by atoms with van der Waals surface area (Å²) in [5.41, 5.74) is 77.8. The average molecular weight is 2020 g/mol. The Morgan fingerprint density at radius 2 is 0.563 bits per heavy atom. The Morgan fingerprint density at radius 1 is 0.246 bits per heavy atom. The first kappa shape index (κ1) is 127. The molecule has 0 radical (unpaired) electrons. The van der Waals surface area contributed by atoms with Crippen molar-refractivity contribution in [3.05, 3.63) is 271 Å². The number of amides is 7. The van der Waals surface area contributed by atoms with Gasteiger partial charge in [0.2, 0.25) is 0 Å². The topological polar surface area (TPSA) is 568 Å². The molecule has 7 amide bonds. The van der Waals surface area contributed by atoms with Gasteiger partial charge in [0.15, 0.2) is 0 Å². The van der Waals surface area contributed by atoms with E-state index in [1.54, 1.807) is 6.07 Å². The lowest BCUT2D eigenvalue weighted by Gasteiger charge is -2.17. The first-order valence-electron chi connectivity index (χ1n) is 46.1. The smallest absolute Gasteiger partial charge is 0.350 e. The van der Waals surface area contributed by atoms with Crippen molar-refractivity contribution in [2.45, 2.75) is 191 Å². The Morgan fingerprint density at radius 3 is 0.944 bits per heavy atom. The summed E-state index contributed by atoms with van der Waals surface area (Å²) < 4.78 is 191. The number of carbonyl (C=O) groups is 7. The molecule has 28 nitrogen and oxygen atoms in total. The van der Waals surface area contributed by atoms with E-state index in [4.69, 9.17) is 80.3 Å². The molecular weight excluding hydrogens is 1880 g/mol. The van der Waals surface area contributed by atoms with Crippen LogP contribution in [0.15, 0.2) is 182 Å². The third kappa shape index (κ3) is 51.4. The van der Waals surface area contributed by atoms with Gasteiger partial charge in [-0.05, 0) is 277 Å². The molecule has 0 aliphatic heterocycles.